The quantitative estimate of drug-likeness (QED) is 0.741. The van der Waals surface area contributed by atoms with E-state index < -0.39 is 0 Å². The van der Waals surface area contributed by atoms with Gasteiger partial charge in [-0.15, -0.1) is 0 Å². The summed E-state index contributed by atoms with van der Waals surface area (Å²) in [6, 6.07) is 5.14. The number of Topliss-reactive ketones (excluding diaryl/α,β-unsaturated/α-hetero) is 1. The highest BCUT2D eigenvalue weighted by Crippen LogP contribution is 2.27. The summed E-state index contributed by atoms with van der Waals surface area (Å²) in [5.74, 6) is 1.79. The summed E-state index contributed by atoms with van der Waals surface area (Å²) >= 11 is 0. The predicted molar refractivity (Wildman–Crippen MR) is 55.7 cm³/mol. The molecule has 0 aliphatic heterocycles. The van der Waals surface area contributed by atoms with Crippen molar-refractivity contribution in [1.29, 1.82) is 0 Å². The van der Waals surface area contributed by atoms with E-state index in [4.69, 9.17) is 14.2 Å². The molecule has 0 saturated carbocycles. The molecule has 0 bridgehead atoms. The van der Waals surface area contributed by atoms with Crippen LogP contribution in [0.3, 0.4) is 0 Å². The molecule has 1 aromatic rings. The number of ether oxygens (including phenoxy) is 3. The monoisotopic (exact) mass is 210 g/mol. The molecule has 4 heteroatoms. The van der Waals surface area contributed by atoms with Crippen molar-refractivity contribution < 1.29 is 19.0 Å². The van der Waals surface area contributed by atoms with Gasteiger partial charge >= 0.3 is 0 Å². The zero-order chi connectivity index (χ0) is 11.3. The Kier molecular flexibility index (Phi) is 3.97. The Hall–Kier alpha value is -1.71. The summed E-state index contributed by atoms with van der Waals surface area (Å²) in [6.45, 7) is 1.52. The third-order valence-corrected chi connectivity index (χ3v) is 1.77. The molecule has 1 aromatic carbocycles. The summed E-state index contributed by atoms with van der Waals surface area (Å²) in [4.78, 5) is 10.7. The first-order valence-electron chi connectivity index (χ1n) is 4.51. The maximum absolute atomic E-state index is 10.7. The average Bonchev–Trinajstić information content (AvgIpc) is 2.25. The van der Waals surface area contributed by atoms with Gasteiger partial charge in [0.05, 0.1) is 14.2 Å². The van der Waals surface area contributed by atoms with Gasteiger partial charge in [-0.2, -0.15) is 0 Å². The smallest absolute Gasteiger partial charge is 0.167 e. The normalized spacial score (nSPS) is 9.53. The van der Waals surface area contributed by atoms with Gasteiger partial charge in [0.15, 0.2) is 5.78 Å². The molecule has 0 saturated heterocycles. The number of hydrogen-bond acceptors (Lipinski definition) is 4. The molecule has 0 fully saturated rings. The van der Waals surface area contributed by atoms with Crippen LogP contribution in [0.2, 0.25) is 0 Å². The molecule has 0 aliphatic carbocycles. The molecule has 4 nitrogen and oxygen atoms in total. The van der Waals surface area contributed by atoms with Gasteiger partial charge < -0.3 is 14.2 Å². The Balaban J connectivity index is 2.81. The van der Waals surface area contributed by atoms with Gasteiger partial charge in [0.1, 0.15) is 23.9 Å². The first kappa shape index (κ1) is 11.4. The molecule has 0 heterocycles. The van der Waals surface area contributed by atoms with Gasteiger partial charge in [-0.25, -0.2) is 0 Å². The van der Waals surface area contributed by atoms with Crippen LogP contribution in [-0.2, 0) is 4.79 Å². The van der Waals surface area contributed by atoms with Crippen LogP contribution in [0.1, 0.15) is 6.92 Å². The van der Waals surface area contributed by atoms with E-state index in [0.717, 1.165) is 0 Å². The molecule has 0 radical (unpaired) electrons. The van der Waals surface area contributed by atoms with Crippen LogP contribution in [0.5, 0.6) is 17.2 Å². The third kappa shape index (κ3) is 3.50. The largest absolute Gasteiger partial charge is 0.496 e. The van der Waals surface area contributed by atoms with Crippen LogP contribution in [0.25, 0.3) is 0 Å². The van der Waals surface area contributed by atoms with Crippen molar-refractivity contribution in [2.75, 3.05) is 20.8 Å². The fraction of sp³-hybridized carbons (Fsp3) is 0.364. The molecule has 0 aliphatic rings. The lowest BCUT2D eigenvalue weighted by Crippen LogP contribution is -2.06. The standard InChI is InChI=1S/C11H14O4/c1-8(12)7-15-11-5-9(13-2)4-10(6-11)14-3/h4-6H,7H2,1-3H3. The number of hydrogen-bond donors (Lipinski definition) is 0. The second kappa shape index (κ2) is 5.24. The van der Waals surface area contributed by atoms with Gasteiger partial charge in [0, 0.05) is 18.2 Å². The zero-order valence-corrected chi connectivity index (χ0v) is 9.07. The highest BCUT2D eigenvalue weighted by molar-refractivity contribution is 5.77. The minimum absolute atomic E-state index is 0.0308. The molecule has 0 unspecified atom stereocenters. The number of benzene rings is 1. The van der Waals surface area contributed by atoms with Crippen LogP contribution in [-0.4, -0.2) is 26.6 Å². The molecule has 0 amide bonds. The van der Waals surface area contributed by atoms with Crippen molar-refractivity contribution in [2.45, 2.75) is 6.92 Å². The zero-order valence-electron chi connectivity index (χ0n) is 9.07. The minimum Gasteiger partial charge on any atom is -0.496 e. The highest BCUT2D eigenvalue weighted by atomic mass is 16.5. The van der Waals surface area contributed by atoms with E-state index in [2.05, 4.69) is 0 Å². The molecule has 15 heavy (non-hydrogen) atoms. The lowest BCUT2D eigenvalue weighted by Gasteiger charge is -2.08. The summed E-state index contributed by atoms with van der Waals surface area (Å²) in [5, 5.41) is 0. The molecule has 82 valence electrons. The first-order chi connectivity index (χ1) is 7.15. The van der Waals surface area contributed by atoms with Gasteiger partial charge in [-0.05, 0) is 6.92 Å². The topological polar surface area (TPSA) is 44.8 Å². The summed E-state index contributed by atoms with van der Waals surface area (Å²) in [7, 11) is 3.12. The molecular formula is C11H14O4. The Morgan fingerprint density at radius 3 is 1.93 bits per heavy atom. The van der Waals surface area contributed by atoms with Gasteiger partial charge in [-0.1, -0.05) is 0 Å². The van der Waals surface area contributed by atoms with Crippen molar-refractivity contribution in [2.24, 2.45) is 0 Å². The molecule has 0 atom stereocenters. The number of carbonyl (C=O) groups is 1. The van der Waals surface area contributed by atoms with Crippen LogP contribution in [0, 0.1) is 0 Å². The van der Waals surface area contributed by atoms with E-state index in [-0.39, 0.29) is 12.4 Å². The Bertz CT molecular complexity index is 324. The minimum atomic E-state index is -0.0308. The number of methoxy groups -OCH3 is 2. The van der Waals surface area contributed by atoms with Crippen LogP contribution >= 0.6 is 0 Å². The average molecular weight is 210 g/mol. The Morgan fingerprint density at radius 2 is 1.53 bits per heavy atom. The van der Waals surface area contributed by atoms with E-state index >= 15 is 0 Å². The Morgan fingerprint density at radius 1 is 1.07 bits per heavy atom. The molecule has 0 N–H and O–H groups in total. The number of ketones is 1. The van der Waals surface area contributed by atoms with E-state index in [0.29, 0.717) is 17.2 Å². The second-order valence-electron chi connectivity index (χ2n) is 3.04. The maximum Gasteiger partial charge on any atom is 0.167 e. The van der Waals surface area contributed by atoms with E-state index in [1.165, 1.54) is 6.92 Å². The number of carbonyl (C=O) groups excluding carboxylic acids is 1. The van der Waals surface area contributed by atoms with Crippen LogP contribution < -0.4 is 14.2 Å². The molecule has 1 rings (SSSR count). The van der Waals surface area contributed by atoms with Gasteiger partial charge in [0.25, 0.3) is 0 Å². The molecular weight excluding hydrogens is 196 g/mol. The second-order valence-corrected chi connectivity index (χ2v) is 3.04. The summed E-state index contributed by atoms with van der Waals surface area (Å²) in [6.07, 6.45) is 0. The first-order valence-corrected chi connectivity index (χ1v) is 4.51. The van der Waals surface area contributed by atoms with Crippen molar-refractivity contribution in [1.82, 2.24) is 0 Å². The van der Waals surface area contributed by atoms with Crippen LogP contribution in [0.4, 0.5) is 0 Å². The SMILES string of the molecule is COc1cc(OC)cc(OCC(C)=O)c1. The highest BCUT2D eigenvalue weighted by Gasteiger charge is 2.03. The maximum atomic E-state index is 10.7. The van der Waals surface area contributed by atoms with Crippen molar-refractivity contribution in [3.8, 4) is 17.2 Å². The predicted octanol–water partition coefficient (Wildman–Crippen LogP) is 1.67. The third-order valence-electron chi connectivity index (χ3n) is 1.77. The molecule has 0 spiro atoms. The van der Waals surface area contributed by atoms with Crippen molar-refractivity contribution in [3.63, 3.8) is 0 Å². The fourth-order valence-corrected chi connectivity index (χ4v) is 1.05. The van der Waals surface area contributed by atoms with Gasteiger partial charge in [0.2, 0.25) is 0 Å². The summed E-state index contributed by atoms with van der Waals surface area (Å²) < 4.78 is 15.4. The lowest BCUT2D eigenvalue weighted by molar-refractivity contribution is -0.118. The van der Waals surface area contributed by atoms with E-state index in [9.17, 15) is 4.79 Å². The van der Waals surface area contributed by atoms with Crippen molar-refractivity contribution >= 4 is 5.78 Å². The van der Waals surface area contributed by atoms with Gasteiger partial charge in [-0.3, -0.25) is 4.79 Å². The lowest BCUT2D eigenvalue weighted by atomic mass is 10.3. The van der Waals surface area contributed by atoms with Crippen LogP contribution in [0.15, 0.2) is 18.2 Å². The summed E-state index contributed by atoms with van der Waals surface area (Å²) in [5.41, 5.74) is 0. The molecule has 0 aromatic heterocycles. The van der Waals surface area contributed by atoms with E-state index in [1.807, 2.05) is 0 Å². The van der Waals surface area contributed by atoms with E-state index in [1.54, 1.807) is 32.4 Å². The van der Waals surface area contributed by atoms with Crippen molar-refractivity contribution in [3.05, 3.63) is 18.2 Å². The Labute approximate surface area is 88.8 Å². The number of rotatable bonds is 5. The fourth-order valence-electron chi connectivity index (χ4n) is 1.05.